The van der Waals surface area contributed by atoms with Crippen LogP contribution in [0, 0.1) is 0 Å². The van der Waals surface area contributed by atoms with E-state index >= 15 is 0 Å². The van der Waals surface area contributed by atoms with Crippen LogP contribution in [-0.4, -0.2) is 31.1 Å². The second-order valence-corrected chi connectivity index (χ2v) is 8.36. The number of nitrogens with zero attached hydrogens (tertiary/aromatic N) is 4. The molecule has 8 nitrogen and oxygen atoms in total. The zero-order valence-electron chi connectivity index (χ0n) is 16.5. The number of carbonyl (C=O) groups excluding carboxylic acids is 1. The number of carbonyl (C=O) groups is 1. The molecule has 3 rings (SSSR count). The predicted molar refractivity (Wildman–Crippen MR) is 113 cm³/mol. The van der Waals surface area contributed by atoms with Crippen LogP contribution in [0.15, 0.2) is 34.1 Å². The van der Waals surface area contributed by atoms with Gasteiger partial charge >= 0.3 is 5.69 Å². The van der Waals surface area contributed by atoms with Crippen LogP contribution in [0.4, 0.5) is 0 Å². The average molecular weight is 438 g/mol. The van der Waals surface area contributed by atoms with Gasteiger partial charge in [0.05, 0.1) is 16.4 Å². The monoisotopic (exact) mass is 437 g/mol. The lowest BCUT2D eigenvalue weighted by Gasteiger charge is -2.26. The number of rotatable bonds is 5. The Hall–Kier alpha value is -2.58. The fraction of sp³-hybridized carbons (Fsp3) is 0.368. The maximum atomic E-state index is 12.7. The number of amides is 1. The van der Waals surface area contributed by atoms with Gasteiger partial charge in [0.1, 0.15) is 6.54 Å². The van der Waals surface area contributed by atoms with Crippen LogP contribution in [0.25, 0.3) is 11.2 Å². The topological polar surface area (TPSA) is 90.9 Å². The minimum Gasteiger partial charge on any atom is -0.354 e. The van der Waals surface area contributed by atoms with E-state index in [1.807, 2.05) is 19.9 Å². The summed E-state index contributed by atoms with van der Waals surface area (Å²) in [6.45, 7) is 3.79. The van der Waals surface area contributed by atoms with Gasteiger partial charge in [-0.1, -0.05) is 43.1 Å². The molecule has 0 unspecified atom stereocenters. The molecule has 3 aromatic rings. The number of imidazole rings is 1. The summed E-state index contributed by atoms with van der Waals surface area (Å²) in [6, 6.07) is 5.30. The maximum Gasteiger partial charge on any atom is 0.332 e. The summed E-state index contributed by atoms with van der Waals surface area (Å²) in [5, 5.41) is 3.68. The highest BCUT2D eigenvalue weighted by atomic mass is 35.5. The summed E-state index contributed by atoms with van der Waals surface area (Å²) in [4.78, 5) is 41.8. The van der Waals surface area contributed by atoms with Gasteiger partial charge in [-0.15, -0.1) is 0 Å². The minimum atomic E-state index is -0.597. The molecule has 0 fully saturated rings. The van der Waals surface area contributed by atoms with Gasteiger partial charge in [0.2, 0.25) is 5.91 Å². The second kappa shape index (κ2) is 7.68. The Bertz CT molecular complexity index is 1220. The van der Waals surface area contributed by atoms with Gasteiger partial charge in [-0.3, -0.25) is 14.2 Å². The van der Waals surface area contributed by atoms with Gasteiger partial charge in [0, 0.05) is 26.1 Å². The highest BCUT2D eigenvalue weighted by Gasteiger charge is 2.23. The van der Waals surface area contributed by atoms with Crippen molar-refractivity contribution >= 4 is 40.3 Å². The van der Waals surface area contributed by atoms with E-state index in [2.05, 4.69) is 10.3 Å². The Kier molecular flexibility index (Phi) is 5.60. The number of hydrogen-bond donors (Lipinski definition) is 1. The Morgan fingerprint density at radius 2 is 1.86 bits per heavy atom. The van der Waals surface area contributed by atoms with Gasteiger partial charge in [0.25, 0.3) is 5.56 Å². The molecule has 29 heavy (non-hydrogen) atoms. The van der Waals surface area contributed by atoms with E-state index < -0.39 is 22.6 Å². The van der Waals surface area contributed by atoms with Crippen LogP contribution in [-0.2, 0) is 30.8 Å². The van der Waals surface area contributed by atoms with Gasteiger partial charge in [-0.2, -0.15) is 0 Å². The van der Waals surface area contributed by atoms with Crippen molar-refractivity contribution in [2.45, 2.75) is 25.8 Å². The summed E-state index contributed by atoms with van der Waals surface area (Å²) in [5.74, 6) is -0.446. The number of benzene rings is 1. The zero-order valence-corrected chi connectivity index (χ0v) is 18.0. The molecule has 10 heteroatoms. The minimum absolute atomic E-state index is 0.260. The molecule has 2 heterocycles. The van der Waals surface area contributed by atoms with Gasteiger partial charge in [-0.05, 0) is 17.7 Å². The van der Waals surface area contributed by atoms with Crippen molar-refractivity contribution < 1.29 is 4.79 Å². The molecule has 2 aromatic heterocycles. The maximum absolute atomic E-state index is 12.7. The lowest BCUT2D eigenvalue weighted by molar-refractivity contribution is -0.122. The van der Waals surface area contributed by atoms with Crippen molar-refractivity contribution in [2.75, 3.05) is 6.54 Å². The van der Waals surface area contributed by atoms with Crippen LogP contribution < -0.4 is 16.6 Å². The molecule has 0 bridgehead atoms. The molecule has 0 spiro atoms. The highest BCUT2D eigenvalue weighted by molar-refractivity contribution is 6.42. The lowest BCUT2D eigenvalue weighted by atomic mass is 9.84. The standard InChI is InChI=1S/C19H21Cl2N5O3/c1-19(2,11-5-6-12(20)13(21)7-11)9-22-14(27)8-26-17(28)15-16(23-10-24(15)3)25(4)18(26)29/h5-7,10H,8-9H2,1-4H3,(H,22,27). The van der Waals surface area contributed by atoms with E-state index in [0.29, 0.717) is 10.0 Å². The molecule has 0 saturated carbocycles. The fourth-order valence-electron chi connectivity index (χ4n) is 3.07. The van der Waals surface area contributed by atoms with E-state index in [0.717, 1.165) is 10.1 Å². The Morgan fingerprint density at radius 1 is 1.17 bits per heavy atom. The predicted octanol–water partition coefficient (Wildman–Crippen LogP) is 1.83. The van der Waals surface area contributed by atoms with Crippen LogP contribution >= 0.6 is 23.2 Å². The van der Waals surface area contributed by atoms with Crippen LogP contribution in [0.1, 0.15) is 19.4 Å². The summed E-state index contributed by atoms with van der Waals surface area (Å²) in [7, 11) is 3.17. The van der Waals surface area contributed by atoms with Gasteiger partial charge < -0.3 is 9.88 Å². The number of hydrogen-bond acceptors (Lipinski definition) is 4. The third kappa shape index (κ3) is 3.95. The van der Waals surface area contributed by atoms with Crippen LogP contribution in [0.5, 0.6) is 0 Å². The number of halogens is 2. The van der Waals surface area contributed by atoms with Crippen molar-refractivity contribution in [1.29, 1.82) is 0 Å². The van der Waals surface area contributed by atoms with E-state index in [1.165, 1.54) is 22.5 Å². The average Bonchev–Trinajstić information content (AvgIpc) is 3.06. The molecule has 0 aliphatic heterocycles. The molecular weight excluding hydrogens is 417 g/mol. The molecular formula is C19H21Cl2N5O3. The lowest BCUT2D eigenvalue weighted by Crippen LogP contribution is -2.45. The molecule has 0 aliphatic carbocycles. The van der Waals surface area contributed by atoms with Gasteiger partial charge in [0.15, 0.2) is 11.2 Å². The molecule has 154 valence electrons. The number of nitrogens with one attached hydrogen (secondary N) is 1. The summed E-state index contributed by atoms with van der Waals surface area (Å²) in [5.41, 5.74) is -0.152. The third-order valence-electron chi connectivity index (χ3n) is 4.93. The molecule has 0 saturated heterocycles. The zero-order chi connectivity index (χ0) is 21.5. The molecule has 1 N–H and O–H groups in total. The molecule has 0 aliphatic rings. The fourth-order valence-corrected chi connectivity index (χ4v) is 3.37. The first-order valence-corrected chi connectivity index (χ1v) is 9.61. The largest absolute Gasteiger partial charge is 0.354 e. The Balaban J connectivity index is 1.81. The van der Waals surface area contributed by atoms with Crippen LogP contribution in [0.3, 0.4) is 0 Å². The first-order valence-electron chi connectivity index (χ1n) is 8.86. The van der Waals surface area contributed by atoms with Crippen LogP contribution in [0.2, 0.25) is 10.0 Å². The smallest absolute Gasteiger partial charge is 0.332 e. The summed E-state index contributed by atoms with van der Waals surface area (Å²) < 4.78 is 3.69. The van der Waals surface area contributed by atoms with Crippen molar-refractivity contribution in [3.63, 3.8) is 0 Å². The summed E-state index contributed by atoms with van der Waals surface area (Å²) in [6.07, 6.45) is 1.45. The third-order valence-corrected chi connectivity index (χ3v) is 5.67. The van der Waals surface area contributed by atoms with Crippen molar-refractivity contribution in [3.05, 3.63) is 61.0 Å². The number of aromatic nitrogens is 4. The molecule has 0 radical (unpaired) electrons. The molecule has 1 aromatic carbocycles. The Morgan fingerprint density at radius 3 is 2.52 bits per heavy atom. The van der Waals surface area contributed by atoms with E-state index in [4.69, 9.17) is 23.2 Å². The first kappa shape index (κ1) is 21.1. The van der Waals surface area contributed by atoms with Crippen molar-refractivity contribution in [1.82, 2.24) is 24.0 Å². The van der Waals surface area contributed by atoms with Crippen molar-refractivity contribution in [2.24, 2.45) is 14.1 Å². The van der Waals surface area contributed by atoms with Gasteiger partial charge in [-0.25, -0.2) is 14.3 Å². The highest BCUT2D eigenvalue weighted by Crippen LogP contribution is 2.29. The second-order valence-electron chi connectivity index (χ2n) is 7.55. The van der Waals surface area contributed by atoms with E-state index in [-0.39, 0.29) is 24.3 Å². The quantitative estimate of drug-likeness (QED) is 0.658. The normalized spacial score (nSPS) is 11.8. The molecule has 0 atom stereocenters. The first-order chi connectivity index (χ1) is 13.5. The molecule has 1 amide bonds. The summed E-state index contributed by atoms with van der Waals surface area (Å²) >= 11 is 12.1. The van der Waals surface area contributed by atoms with E-state index in [9.17, 15) is 14.4 Å². The van der Waals surface area contributed by atoms with E-state index in [1.54, 1.807) is 19.2 Å². The SMILES string of the molecule is Cn1cnc2c1c(=O)n(CC(=O)NCC(C)(C)c1ccc(Cl)c(Cl)c1)c(=O)n2C. The number of fused-ring (bicyclic) bond motifs is 1. The van der Waals surface area contributed by atoms with Crippen molar-refractivity contribution in [3.8, 4) is 0 Å². The Labute approximate surface area is 176 Å². The number of aryl methyl sites for hydroxylation is 2.